The summed E-state index contributed by atoms with van der Waals surface area (Å²) in [5.74, 6) is 0.960. The normalized spacial score (nSPS) is 14.5. The fourth-order valence-electron chi connectivity index (χ4n) is 3.66. The first-order valence-electron chi connectivity index (χ1n) is 10.4. The van der Waals surface area contributed by atoms with Crippen LogP contribution in [0, 0.1) is 0 Å². The molecule has 0 saturated carbocycles. The Hall–Kier alpha value is -2.90. The Bertz CT molecular complexity index is 1010. The number of piperazine rings is 1. The highest BCUT2D eigenvalue weighted by molar-refractivity contribution is 7.09. The molecular weight excluding hydrogens is 408 g/mol. The van der Waals surface area contributed by atoms with Crippen LogP contribution in [-0.2, 0) is 6.54 Å². The molecule has 3 aromatic rings. The lowest BCUT2D eigenvalue weighted by atomic mass is 10.1. The van der Waals surface area contributed by atoms with Gasteiger partial charge in [-0.05, 0) is 48.5 Å². The summed E-state index contributed by atoms with van der Waals surface area (Å²) in [7, 11) is 5.67. The van der Waals surface area contributed by atoms with Gasteiger partial charge in [0.25, 0.3) is 5.91 Å². The van der Waals surface area contributed by atoms with Crippen molar-refractivity contribution >= 4 is 22.9 Å². The molecule has 2 aromatic carbocycles. The molecule has 0 N–H and O–H groups in total. The van der Waals surface area contributed by atoms with E-state index >= 15 is 0 Å². The van der Waals surface area contributed by atoms with Crippen molar-refractivity contribution in [3.8, 4) is 17.0 Å². The number of methoxy groups -OCH3 is 1. The van der Waals surface area contributed by atoms with Crippen molar-refractivity contribution in [2.75, 3.05) is 52.3 Å². The van der Waals surface area contributed by atoms with E-state index in [2.05, 4.69) is 10.3 Å². The summed E-state index contributed by atoms with van der Waals surface area (Å²) in [6.07, 6.45) is 0. The molecule has 31 heavy (non-hydrogen) atoms. The van der Waals surface area contributed by atoms with Gasteiger partial charge in [0.2, 0.25) is 0 Å². The van der Waals surface area contributed by atoms with Crippen LogP contribution in [0.5, 0.6) is 5.75 Å². The van der Waals surface area contributed by atoms with Crippen molar-refractivity contribution in [3.63, 3.8) is 0 Å². The van der Waals surface area contributed by atoms with Crippen LogP contribution in [-0.4, -0.2) is 68.1 Å². The average molecular weight is 437 g/mol. The van der Waals surface area contributed by atoms with E-state index in [1.165, 1.54) is 0 Å². The molecule has 1 aromatic heterocycles. The average Bonchev–Trinajstić information content (AvgIpc) is 3.27. The zero-order valence-electron chi connectivity index (χ0n) is 18.2. The Morgan fingerprint density at radius 1 is 1.03 bits per heavy atom. The Morgan fingerprint density at radius 2 is 1.71 bits per heavy atom. The van der Waals surface area contributed by atoms with Crippen LogP contribution in [0.15, 0.2) is 53.9 Å². The van der Waals surface area contributed by atoms with Crippen LogP contribution in [0.3, 0.4) is 0 Å². The molecule has 0 radical (unpaired) electrons. The molecule has 0 aliphatic carbocycles. The quantitative estimate of drug-likeness (QED) is 0.588. The second kappa shape index (κ2) is 9.49. The molecule has 1 aliphatic heterocycles. The largest absolute Gasteiger partial charge is 0.497 e. The van der Waals surface area contributed by atoms with E-state index in [1.54, 1.807) is 18.4 Å². The van der Waals surface area contributed by atoms with E-state index in [0.29, 0.717) is 0 Å². The van der Waals surface area contributed by atoms with Gasteiger partial charge in [-0.2, -0.15) is 0 Å². The standard InChI is InChI=1S/C24H28N4O2S/c1-26(2)20-8-4-19(5-9-20)24(29)28-14-12-27(13-15-28)16-23-25-22(17-31-23)18-6-10-21(30-3)11-7-18/h4-11,17H,12-16H2,1-3H3. The lowest BCUT2D eigenvalue weighted by Gasteiger charge is -2.34. The van der Waals surface area contributed by atoms with E-state index in [4.69, 9.17) is 9.72 Å². The van der Waals surface area contributed by atoms with E-state index in [-0.39, 0.29) is 5.91 Å². The van der Waals surface area contributed by atoms with Crippen LogP contribution in [0.25, 0.3) is 11.3 Å². The van der Waals surface area contributed by atoms with Crippen LogP contribution >= 0.6 is 11.3 Å². The van der Waals surface area contributed by atoms with Gasteiger partial charge in [-0.3, -0.25) is 9.69 Å². The maximum Gasteiger partial charge on any atom is 0.253 e. The van der Waals surface area contributed by atoms with Crippen LogP contribution < -0.4 is 9.64 Å². The number of thiazole rings is 1. The van der Waals surface area contributed by atoms with Crippen molar-refractivity contribution in [2.24, 2.45) is 0 Å². The van der Waals surface area contributed by atoms with Gasteiger partial charge in [0.05, 0.1) is 19.3 Å². The predicted molar refractivity (Wildman–Crippen MR) is 126 cm³/mol. The number of rotatable bonds is 6. The molecular formula is C24H28N4O2S. The first-order valence-corrected chi connectivity index (χ1v) is 11.3. The van der Waals surface area contributed by atoms with Gasteiger partial charge in [0, 0.05) is 62.5 Å². The van der Waals surface area contributed by atoms with Gasteiger partial charge in [-0.15, -0.1) is 11.3 Å². The maximum atomic E-state index is 12.8. The molecule has 2 heterocycles. The number of aromatic nitrogens is 1. The molecule has 0 bridgehead atoms. The van der Waals surface area contributed by atoms with Crippen molar-refractivity contribution in [3.05, 3.63) is 64.5 Å². The predicted octanol–water partition coefficient (Wildman–Crippen LogP) is 3.84. The summed E-state index contributed by atoms with van der Waals surface area (Å²) in [5, 5.41) is 3.21. The van der Waals surface area contributed by atoms with E-state index in [1.807, 2.05) is 72.4 Å². The minimum absolute atomic E-state index is 0.112. The molecule has 7 heteroatoms. The summed E-state index contributed by atoms with van der Waals surface area (Å²) in [6, 6.07) is 15.8. The van der Waals surface area contributed by atoms with Crippen LogP contribution in [0.2, 0.25) is 0 Å². The lowest BCUT2D eigenvalue weighted by molar-refractivity contribution is 0.0628. The number of hydrogen-bond acceptors (Lipinski definition) is 6. The SMILES string of the molecule is COc1ccc(-c2csc(CN3CCN(C(=O)c4ccc(N(C)C)cc4)CC3)n2)cc1. The molecule has 6 nitrogen and oxygen atoms in total. The van der Waals surface area contributed by atoms with Crippen LogP contribution in [0.1, 0.15) is 15.4 Å². The summed E-state index contributed by atoms with van der Waals surface area (Å²) >= 11 is 1.69. The molecule has 4 rings (SSSR count). The molecule has 0 atom stereocenters. The fourth-order valence-corrected chi connectivity index (χ4v) is 4.51. The third kappa shape index (κ3) is 5.06. The van der Waals surface area contributed by atoms with Crippen molar-refractivity contribution in [2.45, 2.75) is 6.54 Å². The van der Waals surface area contributed by atoms with Gasteiger partial charge in [-0.25, -0.2) is 4.98 Å². The summed E-state index contributed by atoms with van der Waals surface area (Å²) in [5.41, 5.74) is 3.94. The van der Waals surface area contributed by atoms with Gasteiger partial charge in [0.1, 0.15) is 10.8 Å². The molecule has 1 saturated heterocycles. The van der Waals surface area contributed by atoms with E-state index in [9.17, 15) is 4.79 Å². The number of carbonyl (C=O) groups excluding carboxylic acids is 1. The van der Waals surface area contributed by atoms with Gasteiger partial charge >= 0.3 is 0 Å². The molecule has 162 valence electrons. The second-order valence-electron chi connectivity index (χ2n) is 7.86. The Labute approximate surface area is 187 Å². The topological polar surface area (TPSA) is 48.9 Å². The van der Waals surface area contributed by atoms with Crippen molar-refractivity contribution in [1.82, 2.24) is 14.8 Å². The third-order valence-corrected chi connectivity index (χ3v) is 6.42. The van der Waals surface area contributed by atoms with Gasteiger partial charge < -0.3 is 14.5 Å². The smallest absolute Gasteiger partial charge is 0.253 e. The monoisotopic (exact) mass is 436 g/mol. The number of carbonyl (C=O) groups is 1. The molecule has 0 spiro atoms. The number of benzene rings is 2. The highest BCUT2D eigenvalue weighted by atomic mass is 32.1. The molecule has 1 aliphatic rings. The fraction of sp³-hybridized carbons (Fsp3) is 0.333. The molecule has 1 fully saturated rings. The first kappa shape index (κ1) is 21.3. The van der Waals surface area contributed by atoms with Crippen LogP contribution in [0.4, 0.5) is 5.69 Å². The van der Waals surface area contributed by atoms with Gasteiger partial charge in [-0.1, -0.05) is 0 Å². The highest BCUT2D eigenvalue weighted by Gasteiger charge is 2.23. The number of nitrogens with zero attached hydrogens (tertiary/aromatic N) is 4. The van der Waals surface area contributed by atoms with E-state index in [0.717, 1.165) is 66.0 Å². The first-order chi connectivity index (χ1) is 15.0. The zero-order chi connectivity index (χ0) is 21.8. The molecule has 1 amide bonds. The molecule has 0 unspecified atom stereocenters. The number of ether oxygens (including phenoxy) is 1. The van der Waals surface area contributed by atoms with Crippen molar-refractivity contribution < 1.29 is 9.53 Å². The second-order valence-corrected chi connectivity index (χ2v) is 8.81. The number of amides is 1. The van der Waals surface area contributed by atoms with Crippen molar-refractivity contribution in [1.29, 1.82) is 0 Å². The van der Waals surface area contributed by atoms with E-state index < -0.39 is 0 Å². The number of anilines is 1. The summed E-state index contributed by atoms with van der Waals surface area (Å²) < 4.78 is 5.22. The highest BCUT2D eigenvalue weighted by Crippen LogP contribution is 2.25. The maximum absolute atomic E-state index is 12.8. The summed E-state index contributed by atoms with van der Waals surface area (Å²) in [6.45, 7) is 4.02. The lowest BCUT2D eigenvalue weighted by Crippen LogP contribution is -2.48. The Kier molecular flexibility index (Phi) is 6.53. The Balaban J connectivity index is 1.31. The third-order valence-electron chi connectivity index (χ3n) is 5.59. The minimum Gasteiger partial charge on any atom is -0.497 e. The zero-order valence-corrected chi connectivity index (χ0v) is 19.1. The summed E-state index contributed by atoms with van der Waals surface area (Å²) in [4.78, 5) is 24.0. The Morgan fingerprint density at radius 3 is 2.32 bits per heavy atom. The minimum atomic E-state index is 0.112. The number of hydrogen-bond donors (Lipinski definition) is 0. The van der Waals surface area contributed by atoms with Gasteiger partial charge in [0.15, 0.2) is 0 Å².